The topological polar surface area (TPSA) is 110 Å². The Morgan fingerprint density at radius 3 is 2.38 bits per heavy atom. The Hall–Kier alpha value is -2.71. The number of carbonyl (C=O) groups is 2. The monoisotopic (exact) mass is 455 g/mol. The second-order valence-corrected chi connectivity index (χ2v) is 10.2. The second kappa shape index (κ2) is 9.42. The molecule has 4 rings (SSSR count). The minimum atomic E-state index is -3.72. The summed E-state index contributed by atoms with van der Waals surface area (Å²) >= 11 is 0. The molecule has 8 heteroatoms. The molecule has 1 saturated heterocycles. The Labute approximate surface area is 189 Å². The molecule has 0 radical (unpaired) electrons. The van der Waals surface area contributed by atoms with Crippen LogP contribution < -0.4 is 10.5 Å². The summed E-state index contributed by atoms with van der Waals surface area (Å²) in [6, 6.07) is 15.2. The molecule has 2 fully saturated rings. The van der Waals surface area contributed by atoms with E-state index in [1.165, 1.54) is 12.1 Å². The lowest BCUT2D eigenvalue weighted by Crippen LogP contribution is -2.49. The van der Waals surface area contributed by atoms with Crippen molar-refractivity contribution < 1.29 is 18.0 Å². The van der Waals surface area contributed by atoms with Gasteiger partial charge in [0.25, 0.3) is 5.91 Å². The van der Waals surface area contributed by atoms with Gasteiger partial charge in [-0.05, 0) is 61.4 Å². The summed E-state index contributed by atoms with van der Waals surface area (Å²) < 4.78 is 22.8. The van der Waals surface area contributed by atoms with Crippen molar-refractivity contribution in [3.63, 3.8) is 0 Å². The molecule has 7 nitrogen and oxygen atoms in total. The summed E-state index contributed by atoms with van der Waals surface area (Å²) in [4.78, 5) is 28.3. The molecule has 2 aromatic rings. The summed E-state index contributed by atoms with van der Waals surface area (Å²) in [7, 11) is -3.72. The van der Waals surface area contributed by atoms with E-state index < -0.39 is 16.1 Å². The van der Waals surface area contributed by atoms with Crippen molar-refractivity contribution in [2.75, 3.05) is 6.54 Å². The van der Waals surface area contributed by atoms with Gasteiger partial charge in [-0.1, -0.05) is 43.2 Å². The van der Waals surface area contributed by atoms with Crippen molar-refractivity contribution in [3.05, 3.63) is 65.7 Å². The molecule has 1 aliphatic heterocycles. The molecule has 1 heterocycles. The van der Waals surface area contributed by atoms with Crippen LogP contribution in [-0.4, -0.2) is 43.8 Å². The van der Waals surface area contributed by atoms with Crippen LogP contribution in [-0.2, 0) is 21.2 Å². The molecule has 3 atom stereocenters. The maximum absolute atomic E-state index is 13.3. The van der Waals surface area contributed by atoms with Crippen LogP contribution in [0.1, 0.15) is 48.0 Å². The normalized spacial score (nSPS) is 22.9. The Kier molecular flexibility index (Phi) is 6.62. The number of hydrogen-bond donors (Lipinski definition) is 2. The van der Waals surface area contributed by atoms with E-state index in [9.17, 15) is 18.0 Å². The molecule has 32 heavy (non-hydrogen) atoms. The van der Waals surface area contributed by atoms with Crippen LogP contribution in [0.5, 0.6) is 0 Å². The van der Waals surface area contributed by atoms with Crippen molar-refractivity contribution in [1.82, 2.24) is 10.2 Å². The number of primary sulfonamides is 1. The van der Waals surface area contributed by atoms with Crippen LogP contribution in [0.3, 0.4) is 0 Å². The zero-order valence-corrected chi connectivity index (χ0v) is 18.8. The van der Waals surface area contributed by atoms with E-state index in [-0.39, 0.29) is 22.8 Å². The number of likely N-dealkylation sites (tertiary alicyclic amines) is 1. The fraction of sp³-hybridized carbons (Fsp3) is 0.417. The number of hydrogen-bond acceptors (Lipinski definition) is 4. The van der Waals surface area contributed by atoms with Crippen molar-refractivity contribution in [2.45, 2.75) is 55.5 Å². The Bertz CT molecular complexity index is 1070. The number of sulfonamides is 1. The molecule has 1 saturated carbocycles. The summed E-state index contributed by atoms with van der Waals surface area (Å²) in [5.41, 5.74) is 1.52. The standard InChI is InChI=1S/C24H29N3O4S/c25-32(30,31)20-12-10-17(11-13-20)14-15-26-23(28)22-16-19-8-4-5-9-21(19)27(22)24(29)18-6-2-1-3-7-18/h1-3,6-7,10-13,19,21-22H,4-5,8-9,14-16H2,(H,26,28)(H2,25,30,31). The zero-order chi connectivity index (χ0) is 22.7. The van der Waals surface area contributed by atoms with Gasteiger partial charge in [-0.25, -0.2) is 13.6 Å². The van der Waals surface area contributed by atoms with Crippen molar-refractivity contribution in [2.24, 2.45) is 11.1 Å². The van der Waals surface area contributed by atoms with Gasteiger partial charge in [-0.2, -0.15) is 0 Å². The first-order chi connectivity index (χ1) is 15.3. The van der Waals surface area contributed by atoms with Crippen LogP contribution in [0.15, 0.2) is 59.5 Å². The minimum Gasteiger partial charge on any atom is -0.354 e. The second-order valence-electron chi connectivity index (χ2n) is 8.67. The highest BCUT2D eigenvalue weighted by molar-refractivity contribution is 7.89. The molecule has 2 amide bonds. The number of nitrogens with zero attached hydrogens (tertiary/aromatic N) is 1. The molecule has 3 unspecified atom stereocenters. The molecule has 2 aliphatic rings. The van der Waals surface area contributed by atoms with Crippen LogP contribution in [0.2, 0.25) is 0 Å². The van der Waals surface area contributed by atoms with Crippen LogP contribution >= 0.6 is 0 Å². The van der Waals surface area contributed by atoms with Gasteiger partial charge in [0.2, 0.25) is 15.9 Å². The lowest BCUT2D eigenvalue weighted by molar-refractivity contribution is -0.125. The molecule has 1 aliphatic carbocycles. The number of nitrogens with two attached hydrogens (primary N) is 1. The number of amides is 2. The highest BCUT2D eigenvalue weighted by atomic mass is 32.2. The van der Waals surface area contributed by atoms with Crippen molar-refractivity contribution in [1.29, 1.82) is 0 Å². The van der Waals surface area contributed by atoms with E-state index in [0.717, 1.165) is 31.2 Å². The van der Waals surface area contributed by atoms with E-state index in [4.69, 9.17) is 5.14 Å². The smallest absolute Gasteiger partial charge is 0.254 e. The molecule has 3 N–H and O–H groups in total. The molecular formula is C24H29N3O4S. The molecule has 170 valence electrons. The van der Waals surface area contributed by atoms with Crippen LogP contribution in [0, 0.1) is 5.92 Å². The summed E-state index contributed by atoms with van der Waals surface area (Å²) in [6.45, 7) is 0.409. The third-order valence-electron chi connectivity index (χ3n) is 6.61. The van der Waals surface area contributed by atoms with Gasteiger partial charge in [0, 0.05) is 18.2 Å². The summed E-state index contributed by atoms with van der Waals surface area (Å²) in [5.74, 6) is 0.182. The fourth-order valence-corrected chi connectivity index (χ4v) is 5.53. The van der Waals surface area contributed by atoms with Crippen LogP contribution in [0.4, 0.5) is 0 Å². The number of rotatable bonds is 6. The lowest BCUT2D eigenvalue weighted by atomic mass is 9.84. The van der Waals surface area contributed by atoms with Gasteiger partial charge in [-0.15, -0.1) is 0 Å². The van der Waals surface area contributed by atoms with Crippen molar-refractivity contribution >= 4 is 21.8 Å². The molecule has 2 aromatic carbocycles. The van der Waals surface area contributed by atoms with Gasteiger partial charge in [0.15, 0.2) is 0 Å². The highest BCUT2D eigenvalue weighted by Crippen LogP contribution is 2.40. The fourth-order valence-electron chi connectivity index (χ4n) is 5.01. The van der Waals surface area contributed by atoms with Crippen LogP contribution in [0.25, 0.3) is 0 Å². The molecular weight excluding hydrogens is 426 g/mol. The average molecular weight is 456 g/mol. The highest BCUT2D eigenvalue weighted by Gasteiger charge is 2.47. The number of fused-ring (bicyclic) bond motifs is 1. The summed E-state index contributed by atoms with van der Waals surface area (Å²) in [6.07, 6.45) is 5.51. The third-order valence-corrected chi connectivity index (χ3v) is 7.54. The predicted octanol–water partition coefficient (Wildman–Crippen LogP) is 2.47. The zero-order valence-electron chi connectivity index (χ0n) is 17.9. The first-order valence-corrected chi connectivity index (χ1v) is 12.7. The number of nitrogens with one attached hydrogen (secondary N) is 1. The molecule has 0 spiro atoms. The first-order valence-electron chi connectivity index (χ1n) is 11.1. The Morgan fingerprint density at radius 1 is 1.00 bits per heavy atom. The van der Waals surface area contributed by atoms with Gasteiger partial charge in [0.1, 0.15) is 6.04 Å². The van der Waals surface area contributed by atoms with Gasteiger partial charge < -0.3 is 10.2 Å². The van der Waals surface area contributed by atoms with E-state index in [1.54, 1.807) is 24.3 Å². The maximum atomic E-state index is 13.3. The number of benzene rings is 2. The van der Waals surface area contributed by atoms with Gasteiger partial charge in [0.05, 0.1) is 4.90 Å². The molecule has 0 bridgehead atoms. The first kappa shape index (κ1) is 22.5. The third kappa shape index (κ3) is 4.86. The van der Waals surface area contributed by atoms with Crippen molar-refractivity contribution in [3.8, 4) is 0 Å². The predicted molar refractivity (Wildman–Crippen MR) is 121 cm³/mol. The quantitative estimate of drug-likeness (QED) is 0.697. The average Bonchev–Trinajstić information content (AvgIpc) is 3.18. The van der Waals surface area contributed by atoms with E-state index >= 15 is 0 Å². The van der Waals surface area contributed by atoms with E-state index in [2.05, 4.69) is 5.32 Å². The maximum Gasteiger partial charge on any atom is 0.254 e. The Morgan fingerprint density at radius 2 is 1.69 bits per heavy atom. The van der Waals surface area contributed by atoms with Gasteiger partial charge in [-0.3, -0.25) is 9.59 Å². The van der Waals surface area contributed by atoms with E-state index in [0.29, 0.717) is 30.9 Å². The lowest BCUT2D eigenvalue weighted by Gasteiger charge is -2.33. The van der Waals surface area contributed by atoms with Gasteiger partial charge >= 0.3 is 0 Å². The largest absolute Gasteiger partial charge is 0.354 e. The van der Waals surface area contributed by atoms with E-state index in [1.807, 2.05) is 23.1 Å². The minimum absolute atomic E-state index is 0.0638. The summed E-state index contributed by atoms with van der Waals surface area (Å²) in [5, 5.41) is 8.12. The number of carbonyl (C=O) groups excluding carboxylic acids is 2. The SMILES string of the molecule is NS(=O)(=O)c1ccc(CCNC(=O)C2CC3CCCCC3N2C(=O)c2ccccc2)cc1. The Balaban J connectivity index is 1.42. The molecule has 0 aromatic heterocycles.